The number of rotatable bonds is 8. The molecular formula is C15H23BrO2. The zero-order valence-electron chi connectivity index (χ0n) is 11.5. The zero-order valence-corrected chi connectivity index (χ0v) is 13.1. The van der Waals surface area contributed by atoms with Gasteiger partial charge in [0.25, 0.3) is 0 Å². The van der Waals surface area contributed by atoms with Gasteiger partial charge in [0.1, 0.15) is 11.5 Å². The van der Waals surface area contributed by atoms with Crippen molar-refractivity contribution in [2.24, 2.45) is 11.8 Å². The van der Waals surface area contributed by atoms with Crippen molar-refractivity contribution < 1.29 is 9.47 Å². The molecule has 0 aliphatic carbocycles. The van der Waals surface area contributed by atoms with Crippen molar-refractivity contribution in [3.05, 3.63) is 24.3 Å². The maximum Gasteiger partial charge on any atom is 0.119 e. The van der Waals surface area contributed by atoms with Gasteiger partial charge in [0, 0.05) is 11.2 Å². The lowest BCUT2D eigenvalue weighted by Gasteiger charge is -2.18. The highest BCUT2D eigenvalue weighted by atomic mass is 79.9. The van der Waals surface area contributed by atoms with Gasteiger partial charge >= 0.3 is 0 Å². The van der Waals surface area contributed by atoms with Crippen LogP contribution in [-0.2, 0) is 0 Å². The van der Waals surface area contributed by atoms with E-state index in [1.54, 1.807) is 0 Å². The summed E-state index contributed by atoms with van der Waals surface area (Å²) in [5.41, 5.74) is 0. The van der Waals surface area contributed by atoms with Crippen molar-refractivity contribution >= 4 is 15.9 Å². The Bertz CT molecular complexity index is 322. The fraction of sp³-hybridized carbons (Fsp3) is 0.600. The summed E-state index contributed by atoms with van der Waals surface area (Å²) < 4.78 is 11.3. The Labute approximate surface area is 119 Å². The second-order valence-corrected chi connectivity index (χ2v) is 5.44. The van der Waals surface area contributed by atoms with Crippen LogP contribution in [0.5, 0.6) is 11.5 Å². The van der Waals surface area contributed by atoms with Gasteiger partial charge in [0.15, 0.2) is 0 Å². The van der Waals surface area contributed by atoms with Crippen molar-refractivity contribution in [1.82, 2.24) is 0 Å². The monoisotopic (exact) mass is 314 g/mol. The molecule has 0 radical (unpaired) electrons. The number of hydrogen-bond acceptors (Lipinski definition) is 2. The van der Waals surface area contributed by atoms with Crippen LogP contribution in [0.15, 0.2) is 24.3 Å². The van der Waals surface area contributed by atoms with Crippen LogP contribution in [0.25, 0.3) is 0 Å². The minimum Gasteiger partial charge on any atom is -0.494 e. The van der Waals surface area contributed by atoms with E-state index < -0.39 is 0 Å². The van der Waals surface area contributed by atoms with Gasteiger partial charge in [0.05, 0.1) is 13.2 Å². The van der Waals surface area contributed by atoms with E-state index in [1.165, 1.54) is 0 Å². The van der Waals surface area contributed by atoms with E-state index in [4.69, 9.17) is 9.47 Å². The molecule has 2 nitrogen and oxygen atoms in total. The molecule has 0 spiro atoms. The van der Waals surface area contributed by atoms with Crippen LogP contribution < -0.4 is 9.47 Å². The van der Waals surface area contributed by atoms with E-state index in [0.29, 0.717) is 11.8 Å². The van der Waals surface area contributed by atoms with E-state index in [9.17, 15) is 0 Å². The predicted molar refractivity (Wildman–Crippen MR) is 79.8 cm³/mol. The molecule has 1 atom stereocenters. The lowest BCUT2D eigenvalue weighted by Crippen LogP contribution is -2.19. The molecule has 0 aromatic heterocycles. The van der Waals surface area contributed by atoms with Crippen molar-refractivity contribution in [2.45, 2.75) is 27.2 Å². The second kappa shape index (κ2) is 8.41. The lowest BCUT2D eigenvalue weighted by molar-refractivity contribution is 0.227. The number of ether oxygens (including phenoxy) is 2. The van der Waals surface area contributed by atoms with Gasteiger partial charge < -0.3 is 9.47 Å². The topological polar surface area (TPSA) is 18.5 Å². The molecule has 0 fully saturated rings. The Kier molecular flexibility index (Phi) is 7.18. The van der Waals surface area contributed by atoms with Crippen LogP contribution in [-0.4, -0.2) is 18.5 Å². The standard InChI is InChI=1S/C15H23BrO2/c1-4-9-17-14-5-7-15(8-6-14)18-11-13(10-16)12(2)3/h5-8,12-13H,4,9-11H2,1-3H3. The van der Waals surface area contributed by atoms with E-state index in [-0.39, 0.29) is 0 Å². The highest BCUT2D eigenvalue weighted by Crippen LogP contribution is 2.20. The molecule has 0 amide bonds. The minimum absolute atomic E-state index is 0.543. The number of benzene rings is 1. The van der Waals surface area contributed by atoms with Crippen molar-refractivity contribution in [3.8, 4) is 11.5 Å². The molecule has 0 saturated carbocycles. The van der Waals surface area contributed by atoms with Crippen molar-refractivity contribution in [2.75, 3.05) is 18.5 Å². The number of hydrogen-bond donors (Lipinski definition) is 0. The lowest BCUT2D eigenvalue weighted by atomic mass is 9.99. The maximum atomic E-state index is 5.79. The van der Waals surface area contributed by atoms with Gasteiger partial charge in [0.2, 0.25) is 0 Å². The summed E-state index contributed by atoms with van der Waals surface area (Å²) in [7, 11) is 0. The molecular weight excluding hydrogens is 292 g/mol. The molecule has 1 rings (SSSR count). The van der Waals surface area contributed by atoms with Crippen molar-refractivity contribution in [3.63, 3.8) is 0 Å². The zero-order chi connectivity index (χ0) is 13.4. The van der Waals surface area contributed by atoms with Crippen molar-refractivity contribution in [1.29, 1.82) is 0 Å². The first-order valence-corrected chi connectivity index (χ1v) is 7.71. The van der Waals surface area contributed by atoms with Gasteiger partial charge in [-0.2, -0.15) is 0 Å². The normalized spacial score (nSPS) is 12.5. The fourth-order valence-corrected chi connectivity index (χ4v) is 2.40. The summed E-state index contributed by atoms with van der Waals surface area (Å²) in [5.74, 6) is 2.98. The summed E-state index contributed by atoms with van der Waals surface area (Å²) in [6, 6.07) is 7.86. The summed E-state index contributed by atoms with van der Waals surface area (Å²) in [4.78, 5) is 0. The fourth-order valence-electron chi connectivity index (χ4n) is 1.47. The van der Waals surface area contributed by atoms with Gasteiger partial charge in [-0.1, -0.05) is 36.7 Å². The Morgan fingerprint density at radius 1 is 1.06 bits per heavy atom. The number of alkyl halides is 1. The molecule has 1 unspecified atom stereocenters. The average Bonchev–Trinajstić information content (AvgIpc) is 2.38. The SMILES string of the molecule is CCCOc1ccc(OCC(CBr)C(C)C)cc1. The minimum atomic E-state index is 0.543. The first-order valence-electron chi connectivity index (χ1n) is 6.59. The molecule has 0 aliphatic heterocycles. The van der Waals surface area contributed by atoms with E-state index in [2.05, 4.69) is 36.7 Å². The molecule has 102 valence electrons. The Morgan fingerprint density at radius 3 is 2.06 bits per heavy atom. The molecule has 0 saturated heterocycles. The Morgan fingerprint density at radius 2 is 1.61 bits per heavy atom. The quantitative estimate of drug-likeness (QED) is 0.657. The first kappa shape index (κ1) is 15.4. The van der Waals surface area contributed by atoms with Crippen LogP contribution in [0.3, 0.4) is 0 Å². The second-order valence-electron chi connectivity index (χ2n) is 4.79. The van der Waals surface area contributed by atoms with Crippen LogP contribution in [0.2, 0.25) is 0 Å². The molecule has 0 aliphatic rings. The van der Waals surface area contributed by atoms with Crippen LogP contribution in [0.4, 0.5) is 0 Å². The molecule has 3 heteroatoms. The summed E-state index contributed by atoms with van der Waals surface area (Å²) in [6.07, 6.45) is 1.03. The molecule has 18 heavy (non-hydrogen) atoms. The average molecular weight is 315 g/mol. The van der Waals surface area contributed by atoms with Gasteiger partial charge in [-0.25, -0.2) is 0 Å². The van der Waals surface area contributed by atoms with Crippen LogP contribution in [0.1, 0.15) is 27.2 Å². The third kappa shape index (κ3) is 5.30. The largest absolute Gasteiger partial charge is 0.494 e. The molecule has 0 heterocycles. The third-order valence-corrected chi connectivity index (χ3v) is 3.73. The smallest absolute Gasteiger partial charge is 0.119 e. The van der Waals surface area contributed by atoms with E-state index >= 15 is 0 Å². The molecule has 0 bridgehead atoms. The third-order valence-electron chi connectivity index (χ3n) is 2.90. The molecule has 0 N–H and O–H groups in total. The van der Waals surface area contributed by atoms with Crippen LogP contribution >= 0.6 is 15.9 Å². The Hall–Kier alpha value is -0.700. The predicted octanol–water partition coefficient (Wildman–Crippen LogP) is 4.52. The van der Waals surface area contributed by atoms with Crippen LogP contribution in [0, 0.1) is 11.8 Å². The Balaban J connectivity index is 2.43. The highest BCUT2D eigenvalue weighted by Gasteiger charge is 2.12. The maximum absolute atomic E-state index is 5.79. The summed E-state index contributed by atoms with van der Waals surface area (Å²) in [6.45, 7) is 8.05. The number of halogens is 1. The van der Waals surface area contributed by atoms with Gasteiger partial charge in [-0.3, -0.25) is 0 Å². The highest BCUT2D eigenvalue weighted by molar-refractivity contribution is 9.09. The first-order chi connectivity index (χ1) is 8.67. The molecule has 1 aromatic carbocycles. The molecule has 1 aromatic rings. The van der Waals surface area contributed by atoms with Gasteiger partial charge in [-0.05, 0) is 36.6 Å². The summed E-state index contributed by atoms with van der Waals surface area (Å²) in [5, 5.41) is 0.975. The summed E-state index contributed by atoms with van der Waals surface area (Å²) >= 11 is 3.53. The van der Waals surface area contributed by atoms with Gasteiger partial charge in [-0.15, -0.1) is 0 Å². The van der Waals surface area contributed by atoms with E-state index in [1.807, 2.05) is 24.3 Å². The van der Waals surface area contributed by atoms with E-state index in [0.717, 1.165) is 36.5 Å².